The molecule has 2 fully saturated rings. The van der Waals surface area contributed by atoms with Crippen LogP contribution >= 0.6 is 0 Å². The molecule has 1 saturated heterocycles. The van der Waals surface area contributed by atoms with Gasteiger partial charge in [-0.2, -0.15) is 5.10 Å². The number of likely N-dealkylation sites (N-methyl/N-ethyl adjacent to an activating group) is 1. The van der Waals surface area contributed by atoms with E-state index >= 15 is 0 Å². The molecule has 2 aromatic carbocycles. The number of aryl methyl sites for hydroxylation is 1. The Bertz CT molecular complexity index is 1900. The summed E-state index contributed by atoms with van der Waals surface area (Å²) < 4.78 is 27.9. The van der Waals surface area contributed by atoms with Crippen LogP contribution < -0.4 is 20.7 Å². The second-order valence-electron chi connectivity index (χ2n) is 13.9. The van der Waals surface area contributed by atoms with Crippen molar-refractivity contribution in [3.05, 3.63) is 77.1 Å². The molecule has 50 heavy (non-hydrogen) atoms. The third kappa shape index (κ3) is 6.23. The van der Waals surface area contributed by atoms with E-state index in [1.165, 1.54) is 16.8 Å². The number of nitrogens with one attached hydrogen (secondary N) is 4. The van der Waals surface area contributed by atoms with Crippen LogP contribution in [0.3, 0.4) is 0 Å². The summed E-state index contributed by atoms with van der Waals surface area (Å²) in [6.45, 7) is 5.58. The number of fused-ring (bicyclic) bond motifs is 2. The van der Waals surface area contributed by atoms with E-state index in [4.69, 9.17) is 14.5 Å². The number of aromatic nitrogens is 4. The van der Waals surface area contributed by atoms with E-state index < -0.39 is 23.3 Å². The summed E-state index contributed by atoms with van der Waals surface area (Å²) in [5.41, 5.74) is 2.24. The molecule has 7 rings (SSSR count). The standard InChI is InChI=1S/C37H44FN7O5/c1-4-39-35(47)31(22-6-5-7-22)44-36(48)37(13-16-49-17-14-37)23-8-10-26-27(18-23)42-33(41-26)32(43-34(46)28-12-15-40-45(28)3)30-21(2)20-50-29-11-9-24(38)19-25(29)30/h8-12,15,18-19,21-22,30-32H,4-7,13-14,16-17,20H2,1-3H3,(H,39,47)(H,41,42)(H,43,46)(H,44,48)/t21?,30-,31-,32+/m1/s1. The molecule has 4 N–H and O–H groups in total. The van der Waals surface area contributed by atoms with Crippen molar-refractivity contribution in [1.82, 2.24) is 35.7 Å². The number of ether oxygens (including phenoxy) is 2. The summed E-state index contributed by atoms with van der Waals surface area (Å²) in [4.78, 5) is 49.5. The lowest BCUT2D eigenvalue weighted by molar-refractivity contribution is -0.136. The zero-order valence-corrected chi connectivity index (χ0v) is 28.6. The van der Waals surface area contributed by atoms with E-state index in [0.717, 1.165) is 24.8 Å². The van der Waals surface area contributed by atoms with Crippen LogP contribution in [0.25, 0.3) is 11.0 Å². The lowest BCUT2D eigenvalue weighted by atomic mass is 9.72. The molecule has 13 heteroatoms. The van der Waals surface area contributed by atoms with Gasteiger partial charge in [-0.25, -0.2) is 9.37 Å². The molecule has 4 aromatic rings. The summed E-state index contributed by atoms with van der Waals surface area (Å²) >= 11 is 0. The molecular formula is C37H44FN7O5. The highest BCUT2D eigenvalue weighted by molar-refractivity contribution is 5.95. The van der Waals surface area contributed by atoms with Gasteiger partial charge >= 0.3 is 0 Å². The Balaban J connectivity index is 1.26. The van der Waals surface area contributed by atoms with Crippen molar-refractivity contribution in [2.45, 2.75) is 69.4 Å². The highest BCUT2D eigenvalue weighted by Gasteiger charge is 2.45. The van der Waals surface area contributed by atoms with E-state index in [1.807, 2.05) is 32.0 Å². The number of carbonyl (C=O) groups is 3. The topological polar surface area (TPSA) is 152 Å². The molecule has 0 bridgehead atoms. The Hall–Kier alpha value is -4.78. The van der Waals surface area contributed by atoms with E-state index in [2.05, 4.69) is 26.0 Å². The van der Waals surface area contributed by atoms with Gasteiger partial charge in [0.1, 0.15) is 29.1 Å². The highest BCUT2D eigenvalue weighted by Crippen LogP contribution is 2.45. The molecule has 1 aliphatic carbocycles. The van der Waals surface area contributed by atoms with Gasteiger partial charge in [-0.15, -0.1) is 0 Å². The van der Waals surface area contributed by atoms with Gasteiger partial charge in [-0.3, -0.25) is 19.1 Å². The molecule has 0 spiro atoms. The number of H-pyrrole nitrogens is 1. The Kier molecular flexibility index (Phi) is 9.34. The maximum atomic E-state index is 14.7. The first-order valence-electron chi connectivity index (χ1n) is 17.6. The quantitative estimate of drug-likeness (QED) is 0.195. The molecule has 4 heterocycles. The van der Waals surface area contributed by atoms with Gasteiger partial charge in [0.05, 0.1) is 29.1 Å². The maximum absolute atomic E-state index is 14.7. The zero-order chi connectivity index (χ0) is 35.0. The fraction of sp³-hybridized carbons (Fsp3) is 0.486. The number of hydrogen-bond donors (Lipinski definition) is 4. The number of benzene rings is 2. The predicted octanol–water partition coefficient (Wildman–Crippen LogP) is 4.19. The van der Waals surface area contributed by atoms with E-state index in [1.54, 1.807) is 25.4 Å². The van der Waals surface area contributed by atoms with Crippen molar-refractivity contribution in [3.63, 3.8) is 0 Å². The van der Waals surface area contributed by atoms with Gasteiger partial charge in [0.2, 0.25) is 11.8 Å². The predicted molar refractivity (Wildman–Crippen MR) is 183 cm³/mol. The van der Waals surface area contributed by atoms with Crippen LogP contribution in [-0.2, 0) is 26.8 Å². The molecule has 12 nitrogen and oxygen atoms in total. The summed E-state index contributed by atoms with van der Waals surface area (Å²) in [5, 5.41) is 13.4. The summed E-state index contributed by atoms with van der Waals surface area (Å²) in [6.07, 6.45) is 5.34. The number of rotatable bonds is 10. The first-order chi connectivity index (χ1) is 24.2. The molecule has 2 aromatic heterocycles. The monoisotopic (exact) mass is 685 g/mol. The fourth-order valence-corrected chi connectivity index (χ4v) is 7.77. The molecule has 3 aliphatic rings. The van der Waals surface area contributed by atoms with E-state index in [0.29, 0.717) is 73.1 Å². The minimum Gasteiger partial charge on any atom is -0.493 e. The molecule has 2 aliphatic heterocycles. The van der Waals surface area contributed by atoms with Crippen molar-refractivity contribution in [3.8, 4) is 5.75 Å². The third-order valence-electron chi connectivity index (χ3n) is 10.8. The minimum atomic E-state index is -0.912. The van der Waals surface area contributed by atoms with Crippen LogP contribution in [0.5, 0.6) is 5.75 Å². The van der Waals surface area contributed by atoms with Gasteiger partial charge in [0, 0.05) is 44.5 Å². The van der Waals surface area contributed by atoms with Crippen molar-refractivity contribution in [1.29, 1.82) is 0 Å². The Morgan fingerprint density at radius 3 is 2.60 bits per heavy atom. The Morgan fingerprint density at radius 1 is 1.10 bits per heavy atom. The molecule has 4 atom stereocenters. The lowest BCUT2D eigenvalue weighted by Gasteiger charge is -2.40. The van der Waals surface area contributed by atoms with Crippen LogP contribution in [0.4, 0.5) is 4.39 Å². The van der Waals surface area contributed by atoms with Gasteiger partial charge in [0.15, 0.2) is 0 Å². The summed E-state index contributed by atoms with van der Waals surface area (Å²) in [5.74, 6) is -0.387. The first kappa shape index (κ1) is 33.7. The van der Waals surface area contributed by atoms with Crippen LogP contribution in [0.1, 0.15) is 85.4 Å². The molecule has 0 radical (unpaired) electrons. The second kappa shape index (κ2) is 13.9. The van der Waals surface area contributed by atoms with Gasteiger partial charge < -0.3 is 30.4 Å². The SMILES string of the molecule is CCNC(=O)[C@H](NC(=O)C1(c2ccc3nc([C@@H](NC(=O)c4ccnn4C)[C@H]4c5cc(F)ccc5OCC4C)[nH]c3c2)CCOCC1)C1CCC1. The number of carbonyl (C=O) groups excluding carboxylic acids is 3. The highest BCUT2D eigenvalue weighted by atomic mass is 19.1. The number of nitrogens with zero attached hydrogens (tertiary/aromatic N) is 3. The smallest absolute Gasteiger partial charge is 0.270 e. The maximum Gasteiger partial charge on any atom is 0.270 e. The number of imidazole rings is 1. The summed E-state index contributed by atoms with van der Waals surface area (Å²) in [7, 11) is 1.70. The average molecular weight is 686 g/mol. The molecule has 1 saturated carbocycles. The number of hydrogen-bond acceptors (Lipinski definition) is 7. The Morgan fingerprint density at radius 2 is 1.90 bits per heavy atom. The number of amides is 3. The van der Waals surface area contributed by atoms with Crippen LogP contribution in [0.15, 0.2) is 48.7 Å². The third-order valence-corrected chi connectivity index (χ3v) is 10.8. The van der Waals surface area contributed by atoms with Gasteiger partial charge in [-0.05, 0) is 86.4 Å². The van der Waals surface area contributed by atoms with E-state index in [-0.39, 0.29) is 35.5 Å². The van der Waals surface area contributed by atoms with Crippen LogP contribution in [0.2, 0.25) is 0 Å². The number of aromatic amines is 1. The normalized spacial score (nSPS) is 21.3. The minimum absolute atomic E-state index is 0.104. The first-order valence-corrected chi connectivity index (χ1v) is 17.6. The zero-order valence-electron chi connectivity index (χ0n) is 28.6. The Labute approximate surface area is 289 Å². The lowest BCUT2D eigenvalue weighted by Crippen LogP contribution is -2.58. The van der Waals surface area contributed by atoms with Crippen LogP contribution in [0, 0.1) is 17.7 Å². The molecule has 1 unspecified atom stereocenters. The van der Waals surface area contributed by atoms with Crippen molar-refractivity contribution >= 4 is 28.8 Å². The fourth-order valence-electron chi connectivity index (χ4n) is 7.77. The van der Waals surface area contributed by atoms with Gasteiger partial charge in [-0.1, -0.05) is 19.4 Å². The summed E-state index contributed by atoms with van der Waals surface area (Å²) in [6, 6.07) is 10.6. The molecule has 264 valence electrons. The van der Waals surface area contributed by atoms with Crippen molar-refractivity contribution in [2.24, 2.45) is 18.9 Å². The van der Waals surface area contributed by atoms with E-state index in [9.17, 15) is 18.8 Å². The van der Waals surface area contributed by atoms with Crippen LogP contribution in [-0.4, -0.2) is 69.9 Å². The van der Waals surface area contributed by atoms with Crippen molar-refractivity contribution in [2.75, 3.05) is 26.4 Å². The molecular weight excluding hydrogens is 641 g/mol. The molecule has 3 amide bonds. The average Bonchev–Trinajstić information content (AvgIpc) is 3.72. The number of halogens is 1. The largest absolute Gasteiger partial charge is 0.493 e. The van der Waals surface area contributed by atoms with Crippen molar-refractivity contribution < 1.29 is 28.2 Å². The second-order valence-corrected chi connectivity index (χ2v) is 13.9. The van der Waals surface area contributed by atoms with Gasteiger partial charge in [0.25, 0.3) is 5.91 Å².